The van der Waals surface area contributed by atoms with Crippen LogP contribution in [0.4, 0.5) is 0 Å². The van der Waals surface area contributed by atoms with E-state index < -0.39 is 11.9 Å². The molecule has 0 atom stereocenters. The first-order valence-electron chi connectivity index (χ1n) is 8.10. The highest BCUT2D eigenvalue weighted by molar-refractivity contribution is 6.32. The monoisotopic (exact) mass is 390 g/mol. The number of hydrogen-bond acceptors (Lipinski definition) is 6. The molecular weight excluding hydrogens is 372 g/mol. The normalized spacial score (nSPS) is 10.0. The predicted octanol–water partition coefficient (Wildman–Crippen LogP) is 4.31. The molecule has 6 nitrogen and oxygen atoms in total. The van der Waals surface area contributed by atoms with Crippen LogP contribution in [-0.2, 0) is 4.74 Å². The molecule has 0 radical (unpaired) electrons. The molecule has 142 valence electrons. The maximum absolute atomic E-state index is 12.4. The lowest BCUT2D eigenvalue weighted by atomic mass is 10.2. The molecule has 0 saturated heterocycles. The van der Waals surface area contributed by atoms with Gasteiger partial charge in [-0.3, -0.25) is 0 Å². The summed E-state index contributed by atoms with van der Waals surface area (Å²) < 4.78 is 20.9. The minimum absolute atomic E-state index is 0.0274. The second kappa shape index (κ2) is 9.64. The Balaban J connectivity index is 2.29. The molecule has 0 unspecified atom stereocenters. The van der Waals surface area contributed by atoms with Gasteiger partial charge < -0.3 is 18.9 Å². The first-order chi connectivity index (χ1) is 13.0. The quantitative estimate of drug-likeness (QED) is 0.380. The Hall–Kier alpha value is -2.99. The van der Waals surface area contributed by atoms with Gasteiger partial charge in [0, 0.05) is 0 Å². The van der Waals surface area contributed by atoms with Gasteiger partial charge in [0.05, 0.1) is 29.9 Å². The molecule has 0 amide bonds. The molecule has 27 heavy (non-hydrogen) atoms. The lowest BCUT2D eigenvalue weighted by molar-refractivity contribution is 0.0549. The molecule has 0 N–H and O–H groups in total. The van der Waals surface area contributed by atoms with Gasteiger partial charge in [-0.15, -0.1) is 0 Å². The molecular formula is C20H19ClO6. The van der Waals surface area contributed by atoms with Crippen molar-refractivity contribution in [3.8, 4) is 17.2 Å². The van der Waals surface area contributed by atoms with Crippen LogP contribution in [-0.4, -0.2) is 32.3 Å². The molecule has 0 aromatic heterocycles. The van der Waals surface area contributed by atoms with Crippen molar-refractivity contribution in [1.29, 1.82) is 0 Å². The topological polar surface area (TPSA) is 71.1 Å². The second-order valence-corrected chi connectivity index (χ2v) is 5.63. The van der Waals surface area contributed by atoms with Gasteiger partial charge in [-0.25, -0.2) is 9.59 Å². The van der Waals surface area contributed by atoms with Crippen molar-refractivity contribution in [2.24, 2.45) is 0 Å². The van der Waals surface area contributed by atoms with Crippen molar-refractivity contribution in [3.05, 3.63) is 65.2 Å². The molecule has 0 saturated carbocycles. The van der Waals surface area contributed by atoms with E-state index in [9.17, 15) is 9.59 Å². The lowest BCUT2D eigenvalue weighted by Crippen LogP contribution is -2.11. The number of ether oxygens (including phenoxy) is 4. The van der Waals surface area contributed by atoms with E-state index in [1.807, 2.05) is 0 Å². The fourth-order valence-corrected chi connectivity index (χ4v) is 2.39. The number of esters is 2. The molecule has 2 aromatic carbocycles. The average molecular weight is 391 g/mol. The van der Waals surface area contributed by atoms with Crippen LogP contribution < -0.4 is 14.2 Å². The minimum Gasteiger partial charge on any atom is -0.497 e. The lowest BCUT2D eigenvalue weighted by Gasteiger charge is -2.14. The van der Waals surface area contributed by atoms with E-state index in [2.05, 4.69) is 6.58 Å². The van der Waals surface area contributed by atoms with Crippen molar-refractivity contribution in [2.45, 2.75) is 6.92 Å². The third-order valence-electron chi connectivity index (χ3n) is 3.40. The molecule has 0 aliphatic heterocycles. The van der Waals surface area contributed by atoms with Crippen LogP contribution >= 0.6 is 11.6 Å². The molecule has 2 aromatic rings. The summed E-state index contributed by atoms with van der Waals surface area (Å²) in [4.78, 5) is 24.4. The van der Waals surface area contributed by atoms with Crippen molar-refractivity contribution in [3.63, 3.8) is 0 Å². The van der Waals surface area contributed by atoms with Crippen LogP contribution in [0, 0.1) is 0 Å². The Morgan fingerprint density at radius 2 is 1.81 bits per heavy atom. The van der Waals surface area contributed by atoms with Crippen LogP contribution in [0.15, 0.2) is 49.1 Å². The maximum Gasteiger partial charge on any atom is 0.343 e. The molecule has 2 rings (SSSR count). The number of rotatable bonds is 8. The molecule has 0 spiro atoms. The summed E-state index contributed by atoms with van der Waals surface area (Å²) in [5, 5.41) is 0.0494. The average Bonchev–Trinajstić information content (AvgIpc) is 2.68. The third-order valence-corrected chi connectivity index (χ3v) is 3.68. The van der Waals surface area contributed by atoms with Crippen LogP contribution in [0.1, 0.15) is 27.6 Å². The van der Waals surface area contributed by atoms with E-state index in [0.29, 0.717) is 11.3 Å². The Morgan fingerprint density at radius 1 is 1.11 bits per heavy atom. The summed E-state index contributed by atoms with van der Waals surface area (Å²) in [6.45, 7) is 5.59. The third kappa shape index (κ3) is 5.24. The first-order valence-corrected chi connectivity index (χ1v) is 8.48. The van der Waals surface area contributed by atoms with Gasteiger partial charge in [-0.1, -0.05) is 24.3 Å². The van der Waals surface area contributed by atoms with Gasteiger partial charge >= 0.3 is 11.9 Å². The van der Waals surface area contributed by atoms with Crippen LogP contribution in [0.3, 0.4) is 0 Å². The molecule has 0 aliphatic carbocycles. The first kappa shape index (κ1) is 20.3. The largest absolute Gasteiger partial charge is 0.497 e. The minimum atomic E-state index is -0.623. The summed E-state index contributed by atoms with van der Waals surface area (Å²) in [7, 11) is 1.53. The van der Waals surface area contributed by atoms with E-state index in [0.717, 1.165) is 0 Å². The zero-order valence-corrected chi connectivity index (χ0v) is 15.7. The SMILES string of the molecule is C=CCOC(=O)c1cc(Cl)c(OC(=O)c2ccc(OC)cc2)c(OCC)c1. The van der Waals surface area contributed by atoms with Gasteiger partial charge in [-0.2, -0.15) is 0 Å². The zero-order chi connectivity index (χ0) is 19.8. The smallest absolute Gasteiger partial charge is 0.343 e. The molecule has 7 heteroatoms. The Morgan fingerprint density at radius 3 is 2.41 bits per heavy atom. The van der Waals surface area contributed by atoms with Crippen LogP contribution in [0.2, 0.25) is 5.02 Å². The number of carbonyl (C=O) groups excluding carboxylic acids is 2. The summed E-state index contributed by atoms with van der Waals surface area (Å²) in [6.07, 6.45) is 1.45. The predicted molar refractivity (Wildman–Crippen MR) is 101 cm³/mol. The van der Waals surface area contributed by atoms with Crippen molar-refractivity contribution >= 4 is 23.5 Å². The highest BCUT2D eigenvalue weighted by Crippen LogP contribution is 2.37. The summed E-state index contributed by atoms with van der Waals surface area (Å²) >= 11 is 6.22. The van der Waals surface area contributed by atoms with Gasteiger partial charge in [0.2, 0.25) is 0 Å². The number of benzene rings is 2. The fourth-order valence-electron chi connectivity index (χ4n) is 2.14. The maximum atomic E-state index is 12.4. The standard InChI is InChI=1S/C20H19ClO6/c1-4-10-26-19(22)14-11-16(21)18(17(12-14)25-5-2)27-20(23)13-6-8-15(24-3)9-7-13/h4,6-9,11-12H,1,5,10H2,2-3H3. The van der Waals surface area contributed by atoms with Crippen molar-refractivity contribution in [1.82, 2.24) is 0 Å². The van der Waals surface area contributed by atoms with Crippen LogP contribution in [0.5, 0.6) is 17.2 Å². The summed E-state index contributed by atoms with van der Waals surface area (Å²) in [5.41, 5.74) is 0.485. The van der Waals surface area contributed by atoms with E-state index in [-0.39, 0.29) is 35.3 Å². The molecule has 0 bridgehead atoms. The zero-order valence-electron chi connectivity index (χ0n) is 15.0. The van der Waals surface area contributed by atoms with Gasteiger partial charge in [0.15, 0.2) is 11.5 Å². The van der Waals surface area contributed by atoms with E-state index in [4.69, 9.17) is 30.5 Å². The number of carbonyl (C=O) groups is 2. The van der Waals surface area contributed by atoms with Gasteiger partial charge in [0.25, 0.3) is 0 Å². The number of methoxy groups -OCH3 is 1. The summed E-state index contributed by atoms with van der Waals surface area (Å²) in [5.74, 6) is -0.410. The molecule has 0 heterocycles. The fraction of sp³-hybridized carbons (Fsp3) is 0.200. The number of hydrogen-bond donors (Lipinski definition) is 0. The number of halogens is 1. The van der Waals surface area contributed by atoms with E-state index in [1.165, 1.54) is 25.3 Å². The Labute approximate surface area is 162 Å². The van der Waals surface area contributed by atoms with Crippen molar-refractivity contribution < 1.29 is 28.5 Å². The van der Waals surface area contributed by atoms with Gasteiger partial charge in [0.1, 0.15) is 12.4 Å². The summed E-state index contributed by atoms with van der Waals surface area (Å²) in [6, 6.07) is 9.18. The van der Waals surface area contributed by atoms with E-state index in [1.54, 1.807) is 31.2 Å². The van der Waals surface area contributed by atoms with E-state index >= 15 is 0 Å². The second-order valence-electron chi connectivity index (χ2n) is 5.22. The van der Waals surface area contributed by atoms with Crippen molar-refractivity contribution in [2.75, 3.05) is 20.3 Å². The Bertz CT molecular complexity index is 829. The highest BCUT2D eigenvalue weighted by Gasteiger charge is 2.20. The highest BCUT2D eigenvalue weighted by atomic mass is 35.5. The van der Waals surface area contributed by atoms with Crippen LogP contribution in [0.25, 0.3) is 0 Å². The molecule has 0 aliphatic rings. The molecule has 0 fully saturated rings. The Kier molecular flexibility index (Phi) is 7.25. The van der Waals surface area contributed by atoms with Gasteiger partial charge in [-0.05, 0) is 43.3 Å².